The summed E-state index contributed by atoms with van der Waals surface area (Å²) in [6, 6.07) is 3.66. The van der Waals surface area contributed by atoms with Gasteiger partial charge in [-0.3, -0.25) is 4.79 Å². The van der Waals surface area contributed by atoms with Crippen LogP contribution in [0.2, 0.25) is 5.15 Å². The van der Waals surface area contributed by atoms with E-state index in [-0.39, 0.29) is 12.1 Å². The van der Waals surface area contributed by atoms with Crippen LogP contribution in [-0.2, 0) is 9.53 Å². The maximum absolute atomic E-state index is 11.8. The van der Waals surface area contributed by atoms with E-state index in [1.54, 1.807) is 24.0 Å². The van der Waals surface area contributed by atoms with Crippen LogP contribution in [0.4, 0.5) is 0 Å². The molecule has 1 heterocycles. The third kappa shape index (κ3) is 8.32. The molecular formula is C16H24ClNO2S. The van der Waals surface area contributed by atoms with Crippen molar-refractivity contribution in [3.8, 4) is 0 Å². The first-order valence-corrected chi connectivity index (χ1v) is 8.95. The van der Waals surface area contributed by atoms with Crippen molar-refractivity contribution in [2.24, 2.45) is 0 Å². The van der Waals surface area contributed by atoms with E-state index in [9.17, 15) is 4.79 Å². The highest BCUT2D eigenvalue weighted by atomic mass is 35.5. The van der Waals surface area contributed by atoms with Crippen molar-refractivity contribution in [1.82, 2.24) is 4.98 Å². The fourth-order valence-electron chi connectivity index (χ4n) is 1.91. The Morgan fingerprint density at radius 1 is 1.38 bits per heavy atom. The van der Waals surface area contributed by atoms with Crippen molar-refractivity contribution in [2.45, 2.75) is 63.4 Å². The van der Waals surface area contributed by atoms with Gasteiger partial charge in [-0.15, -0.1) is 11.8 Å². The smallest absolute Gasteiger partial charge is 0.306 e. The predicted molar refractivity (Wildman–Crippen MR) is 88.9 cm³/mol. The quantitative estimate of drug-likeness (QED) is 0.258. The largest absolute Gasteiger partial charge is 0.462 e. The van der Waals surface area contributed by atoms with Crippen LogP contribution in [0.5, 0.6) is 0 Å². The first kappa shape index (κ1) is 18.3. The van der Waals surface area contributed by atoms with Crippen molar-refractivity contribution in [3.05, 3.63) is 23.5 Å². The number of ether oxygens (including phenoxy) is 1. The molecule has 0 radical (unpaired) electrons. The van der Waals surface area contributed by atoms with Crippen molar-refractivity contribution in [1.29, 1.82) is 0 Å². The van der Waals surface area contributed by atoms with Crippen LogP contribution in [0.1, 0.15) is 52.4 Å². The van der Waals surface area contributed by atoms with Gasteiger partial charge in [0, 0.05) is 16.8 Å². The maximum atomic E-state index is 11.8. The number of hydrogen-bond donors (Lipinski definition) is 0. The molecule has 0 aliphatic rings. The standard InChI is InChI=1S/C16H24ClNO2S/c1-3-5-6-7-13(4-2)20-16(19)10-11-21-14-8-9-15(17)18-12-14/h8-9,12-13H,3-7,10-11H2,1-2H3. The molecule has 0 aromatic carbocycles. The van der Waals surface area contributed by atoms with E-state index in [4.69, 9.17) is 16.3 Å². The van der Waals surface area contributed by atoms with Gasteiger partial charge in [-0.25, -0.2) is 4.98 Å². The highest BCUT2D eigenvalue weighted by Gasteiger charge is 2.12. The molecule has 1 rings (SSSR count). The minimum atomic E-state index is -0.104. The van der Waals surface area contributed by atoms with Crippen LogP contribution in [0, 0.1) is 0 Å². The van der Waals surface area contributed by atoms with Crippen LogP contribution < -0.4 is 0 Å². The number of thioether (sulfide) groups is 1. The Balaban J connectivity index is 2.21. The van der Waals surface area contributed by atoms with E-state index >= 15 is 0 Å². The molecule has 0 saturated carbocycles. The molecule has 118 valence electrons. The Labute approximate surface area is 136 Å². The molecule has 1 atom stereocenters. The lowest BCUT2D eigenvalue weighted by Gasteiger charge is -2.15. The number of pyridine rings is 1. The molecule has 0 fully saturated rings. The number of carbonyl (C=O) groups excluding carboxylic acids is 1. The van der Waals surface area contributed by atoms with Gasteiger partial charge in [0.1, 0.15) is 11.3 Å². The molecule has 0 spiro atoms. The van der Waals surface area contributed by atoms with Crippen LogP contribution >= 0.6 is 23.4 Å². The van der Waals surface area contributed by atoms with E-state index < -0.39 is 0 Å². The molecule has 0 bridgehead atoms. The van der Waals surface area contributed by atoms with Crippen LogP contribution in [0.15, 0.2) is 23.2 Å². The summed E-state index contributed by atoms with van der Waals surface area (Å²) in [5.74, 6) is 0.598. The molecular weight excluding hydrogens is 306 g/mol. The van der Waals surface area contributed by atoms with Gasteiger partial charge < -0.3 is 4.74 Å². The Bertz CT molecular complexity index is 411. The summed E-state index contributed by atoms with van der Waals surface area (Å²) in [7, 11) is 0. The van der Waals surface area contributed by atoms with Crippen LogP contribution in [0.25, 0.3) is 0 Å². The van der Waals surface area contributed by atoms with Gasteiger partial charge >= 0.3 is 5.97 Å². The number of hydrogen-bond acceptors (Lipinski definition) is 4. The van der Waals surface area contributed by atoms with Crippen molar-refractivity contribution < 1.29 is 9.53 Å². The summed E-state index contributed by atoms with van der Waals surface area (Å²) >= 11 is 7.32. The second-order valence-corrected chi connectivity index (χ2v) is 6.49. The van der Waals surface area contributed by atoms with E-state index in [1.165, 1.54) is 12.8 Å². The molecule has 3 nitrogen and oxygen atoms in total. The predicted octanol–water partition coefficient (Wildman–Crippen LogP) is 5.12. The first-order chi connectivity index (χ1) is 10.2. The molecule has 1 aromatic rings. The zero-order valence-corrected chi connectivity index (χ0v) is 14.4. The van der Waals surface area contributed by atoms with Gasteiger partial charge in [0.15, 0.2) is 0 Å². The molecule has 1 unspecified atom stereocenters. The summed E-state index contributed by atoms with van der Waals surface area (Å²) in [6.07, 6.45) is 7.62. The van der Waals surface area contributed by atoms with Crippen molar-refractivity contribution in [2.75, 3.05) is 5.75 Å². The molecule has 5 heteroatoms. The van der Waals surface area contributed by atoms with Crippen molar-refractivity contribution >= 4 is 29.3 Å². The lowest BCUT2D eigenvalue weighted by atomic mass is 10.1. The molecule has 0 saturated heterocycles. The van der Waals surface area contributed by atoms with E-state index in [0.29, 0.717) is 17.3 Å². The van der Waals surface area contributed by atoms with Crippen molar-refractivity contribution in [3.63, 3.8) is 0 Å². The fourth-order valence-corrected chi connectivity index (χ4v) is 2.82. The topological polar surface area (TPSA) is 39.2 Å². The third-order valence-electron chi connectivity index (χ3n) is 3.16. The summed E-state index contributed by atoms with van der Waals surface area (Å²) in [5, 5.41) is 0.483. The maximum Gasteiger partial charge on any atom is 0.306 e. The van der Waals surface area contributed by atoms with Crippen LogP contribution in [-0.4, -0.2) is 22.8 Å². The van der Waals surface area contributed by atoms with Gasteiger partial charge in [0.2, 0.25) is 0 Å². The Hall–Kier alpha value is -0.740. The summed E-state index contributed by atoms with van der Waals surface area (Å²) in [4.78, 5) is 16.8. The minimum Gasteiger partial charge on any atom is -0.462 e. The zero-order chi connectivity index (χ0) is 15.5. The number of aromatic nitrogens is 1. The minimum absolute atomic E-state index is 0.0752. The molecule has 0 aliphatic heterocycles. The molecule has 1 aromatic heterocycles. The summed E-state index contributed by atoms with van der Waals surface area (Å²) < 4.78 is 5.51. The lowest BCUT2D eigenvalue weighted by molar-refractivity contribution is -0.149. The first-order valence-electron chi connectivity index (χ1n) is 7.59. The van der Waals surface area contributed by atoms with Gasteiger partial charge in [0.05, 0.1) is 6.42 Å². The normalized spacial score (nSPS) is 12.1. The third-order valence-corrected chi connectivity index (χ3v) is 4.36. The molecule has 21 heavy (non-hydrogen) atoms. The van der Waals surface area contributed by atoms with Gasteiger partial charge in [-0.1, -0.05) is 38.3 Å². The highest BCUT2D eigenvalue weighted by molar-refractivity contribution is 7.99. The van der Waals surface area contributed by atoms with E-state index in [0.717, 1.165) is 24.2 Å². The SMILES string of the molecule is CCCCCC(CC)OC(=O)CCSc1ccc(Cl)nc1. The summed E-state index contributed by atoms with van der Waals surface area (Å²) in [5.41, 5.74) is 0. The summed E-state index contributed by atoms with van der Waals surface area (Å²) in [6.45, 7) is 4.24. The average molecular weight is 330 g/mol. The van der Waals surface area contributed by atoms with E-state index in [1.807, 2.05) is 6.07 Å². The lowest BCUT2D eigenvalue weighted by Crippen LogP contribution is -2.17. The molecule has 0 aliphatic carbocycles. The second-order valence-electron chi connectivity index (χ2n) is 4.93. The van der Waals surface area contributed by atoms with Gasteiger partial charge in [-0.2, -0.15) is 0 Å². The number of unbranched alkanes of at least 4 members (excludes halogenated alkanes) is 2. The van der Waals surface area contributed by atoms with E-state index in [2.05, 4.69) is 18.8 Å². The monoisotopic (exact) mass is 329 g/mol. The molecule has 0 amide bonds. The Morgan fingerprint density at radius 3 is 2.81 bits per heavy atom. The average Bonchev–Trinajstić information content (AvgIpc) is 2.48. The van der Waals surface area contributed by atoms with Gasteiger partial charge in [-0.05, 0) is 31.4 Å². The number of esters is 1. The number of nitrogens with zero attached hydrogens (tertiary/aromatic N) is 1. The number of rotatable bonds is 10. The number of halogens is 1. The Kier molecular flexibility index (Phi) is 9.51. The fraction of sp³-hybridized carbons (Fsp3) is 0.625. The van der Waals surface area contributed by atoms with Crippen LogP contribution in [0.3, 0.4) is 0 Å². The number of carbonyl (C=O) groups is 1. The molecule has 0 N–H and O–H groups in total. The van der Waals surface area contributed by atoms with Gasteiger partial charge in [0.25, 0.3) is 0 Å². The zero-order valence-electron chi connectivity index (χ0n) is 12.8. The Morgan fingerprint density at radius 2 is 2.19 bits per heavy atom. The highest BCUT2D eigenvalue weighted by Crippen LogP contribution is 2.19. The second kappa shape index (κ2) is 10.9.